The van der Waals surface area contributed by atoms with E-state index in [0.29, 0.717) is 5.71 Å². The topological polar surface area (TPSA) is 45.0 Å². The number of hydrazone groups is 1. The number of amidine groups is 1. The second kappa shape index (κ2) is 3.22. The molecule has 1 unspecified atom stereocenters. The van der Waals surface area contributed by atoms with Crippen molar-refractivity contribution in [3.63, 3.8) is 0 Å². The number of hydrogen-bond acceptors (Lipinski definition) is 3. The van der Waals surface area contributed by atoms with E-state index in [4.69, 9.17) is 0 Å². The van der Waals surface area contributed by atoms with Crippen LogP contribution in [0.4, 0.5) is 8.78 Å². The molecule has 0 spiro atoms. The zero-order chi connectivity index (χ0) is 11.2. The summed E-state index contributed by atoms with van der Waals surface area (Å²) in [6.07, 6.45) is -1.75. The van der Waals surface area contributed by atoms with Gasteiger partial charge in [0.25, 0.3) is 12.3 Å². The van der Waals surface area contributed by atoms with Gasteiger partial charge in [0, 0.05) is 18.7 Å². The number of carbonyl (C=O) groups excluding carboxylic acids is 1. The first-order chi connectivity index (χ1) is 7.00. The van der Waals surface area contributed by atoms with Crippen LogP contribution in [0.3, 0.4) is 0 Å². The van der Waals surface area contributed by atoms with Crippen LogP contribution < -0.4 is 0 Å². The molecule has 0 fully saturated rings. The lowest BCUT2D eigenvalue weighted by atomic mass is 9.92. The van der Waals surface area contributed by atoms with Crippen molar-refractivity contribution in [2.45, 2.75) is 13.3 Å². The Bertz CT molecular complexity index is 412. The van der Waals surface area contributed by atoms with Crippen LogP contribution in [0.5, 0.6) is 0 Å². The van der Waals surface area contributed by atoms with E-state index in [1.54, 1.807) is 14.0 Å². The minimum atomic E-state index is -2.65. The summed E-state index contributed by atoms with van der Waals surface area (Å²) in [5.74, 6) is -0.990. The van der Waals surface area contributed by atoms with Crippen molar-refractivity contribution in [1.29, 1.82) is 0 Å². The van der Waals surface area contributed by atoms with Crippen molar-refractivity contribution in [2.75, 3.05) is 7.05 Å². The van der Waals surface area contributed by atoms with E-state index in [9.17, 15) is 13.6 Å². The maximum absolute atomic E-state index is 12.7. The van der Waals surface area contributed by atoms with Gasteiger partial charge in [-0.15, -0.1) is 0 Å². The van der Waals surface area contributed by atoms with Crippen molar-refractivity contribution in [3.8, 4) is 0 Å². The Morgan fingerprint density at radius 3 is 2.80 bits per heavy atom. The number of aliphatic imine (C=N–C) groups is 1. The minimum absolute atomic E-state index is 0.212. The lowest BCUT2D eigenvalue weighted by Crippen LogP contribution is -2.32. The van der Waals surface area contributed by atoms with E-state index < -0.39 is 18.3 Å². The third-order valence-electron chi connectivity index (χ3n) is 2.42. The van der Waals surface area contributed by atoms with Gasteiger partial charge in [-0.3, -0.25) is 9.80 Å². The molecule has 2 aliphatic heterocycles. The second-order valence-corrected chi connectivity index (χ2v) is 3.45. The monoisotopic (exact) mass is 213 g/mol. The zero-order valence-corrected chi connectivity index (χ0v) is 8.24. The van der Waals surface area contributed by atoms with E-state index in [1.807, 2.05) is 0 Å². The van der Waals surface area contributed by atoms with Crippen LogP contribution in [0.15, 0.2) is 21.7 Å². The van der Waals surface area contributed by atoms with Crippen LogP contribution in [-0.2, 0) is 4.79 Å². The molecule has 6 heteroatoms. The lowest BCUT2D eigenvalue weighted by molar-refractivity contribution is -0.113. The molecular weight excluding hydrogens is 204 g/mol. The van der Waals surface area contributed by atoms with Gasteiger partial charge < -0.3 is 0 Å². The Hall–Kier alpha value is -1.59. The Balaban J connectivity index is 2.45. The van der Waals surface area contributed by atoms with Crippen LogP contribution >= 0.6 is 0 Å². The van der Waals surface area contributed by atoms with Crippen LogP contribution in [0, 0.1) is 5.92 Å². The highest BCUT2D eigenvalue weighted by molar-refractivity contribution is 6.17. The summed E-state index contributed by atoms with van der Waals surface area (Å²) < 4.78 is 25.4. The molecule has 0 saturated heterocycles. The first-order valence-electron chi connectivity index (χ1n) is 4.41. The van der Waals surface area contributed by atoms with Gasteiger partial charge in [-0.05, 0) is 6.92 Å². The molecule has 0 aromatic rings. The van der Waals surface area contributed by atoms with Crippen LogP contribution in [0.1, 0.15) is 6.92 Å². The summed E-state index contributed by atoms with van der Waals surface area (Å²) >= 11 is 0. The summed E-state index contributed by atoms with van der Waals surface area (Å²) in [4.78, 5) is 14.8. The molecule has 0 bridgehead atoms. The number of nitrogens with zero attached hydrogens (tertiary/aromatic N) is 3. The maximum atomic E-state index is 12.7. The first-order valence-corrected chi connectivity index (χ1v) is 4.41. The molecule has 80 valence electrons. The number of alkyl halides is 2. The summed E-state index contributed by atoms with van der Waals surface area (Å²) in [6.45, 7) is 1.65. The molecule has 0 aromatic carbocycles. The summed E-state index contributed by atoms with van der Waals surface area (Å²) in [5.41, 5.74) is 0.325. The van der Waals surface area contributed by atoms with Crippen LogP contribution in [0.25, 0.3) is 0 Å². The number of hydrogen-bond donors (Lipinski definition) is 0. The minimum Gasteiger partial charge on any atom is -0.267 e. The van der Waals surface area contributed by atoms with Gasteiger partial charge in [0.05, 0.1) is 11.6 Å². The van der Waals surface area contributed by atoms with Crippen molar-refractivity contribution in [2.24, 2.45) is 16.0 Å². The average Bonchev–Trinajstić information content (AvgIpc) is 2.41. The van der Waals surface area contributed by atoms with Crippen LogP contribution in [0.2, 0.25) is 0 Å². The molecule has 0 radical (unpaired) electrons. The Labute approximate surface area is 85.0 Å². The standard InChI is InChI=1S/C9H9F2N3O/c1-4-7-5(8(10)11)3-6(15)12-9(7)14(2)13-4/h3,7-8H,1-2H3. The summed E-state index contributed by atoms with van der Waals surface area (Å²) in [7, 11) is 1.59. The number of fused-ring (bicyclic) bond motifs is 1. The van der Waals surface area contributed by atoms with Gasteiger partial charge in [0.1, 0.15) is 5.84 Å². The Morgan fingerprint density at radius 1 is 1.53 bits per heavy atom. The molecule has 15 heavy (non-hydrogen) atoms. The van der Waals surface area contributed by atoms with Gasteiger partial charge in [-0.1, -0.05) is 0 Å². The van der Waals surface area contributed by atoms with Gasteiger partial charge >= 0.3 is 0 Å². The first kappa shape index (κ1) is 9.95. The van der Waals surface area contributed by atoms with Gasteiger partial charge in [-0.25, -0.2) is 8.78 Å². The second-order valence-electron chi connectivity index (χ2n) is 3.45. The van der Waals surface area contributed by atoms with E-state index in [-0.39, 0.29) is 11.4 Å². The predicted octanol–water partition coefficient (Wildman–Crippen LogP) is 1.05. The molecular formula is C9H9F2N3O. The smallest absolute Gasteiger partial charge is 0.267 e. The quantitative estimate of drug-likeness (QED) is 0.653. The van der Waals surface area contributed by atoms with Crippen LogP contribution in [-0.4, -0.2) is 35.9 Å². The Kier molecular flexibility index (Phi) is 2.13. The maximum Gasteiger partial charge on any atom is 0.271 e. The molecule has 2 rings (SSSR count). The molecule has 0 aliphatic carbocycles. The fourth-order valence-corrected chi connectivity index (χ4v) is 1.81. The zero-order valence-electron chi connectivity index (χ0n) is 8.24. The Morgan fingerprint density at radius 2 is 2.20 bits per heavy atom. The van der Waals surface area contributed by atoms with Crippen molar-refractivity contribution in [3.05, 3.63) is 11.6 Å². The van der Waals surface area contributed by atoms with Gasteiger partial charge in [0.15, 0.2) is 0 Å². The lowest BCUT2D eigenvalue weighted by Gasteiger charge is -2.20. The normalized spacial score (nSPS) is 25.1. The summed E-state index contributed by atoms with van der Waals surface area (Å²) in [5, 5.41) is 5.36. The molecule has 0 saturated carbocycles. The largest absolute Gasteiger partial charge is 0.271 e. The number of rotatable bonds is 1. The molecule has 4 nitrogen and oxygen atoms in total. The molecule has 1 amide bonds. The van der Waals surface area contributed by atoms with Crippen molar-refractivity contribution < 1.29 is 13.6 Å². The molecule has 0 aromatic heterocycles. The molecule has 0 N–H and O–H groups in total. The van der Waals surface area contributed by atoms with E-state index in [2.05, 4.69) is 10.1 Å². The molecule has 1 atom stereocenters. The summed E-state index contributed by atoms with van der Waals surface area (Å²) in [6, 6.07) is 0. The number of dihydropyridines is 1. The third-order valence-corrected chi connectivity index (χ3v) is 2.42. The number of carbonyl (C=O) groups is 1. The number of amides is 1. The van der Waals surface area contributed by atoms with E-state index in [0.717, 1.165) is 6.08 Å². The fourth-order valence-electron chi connectivity index (χ4n) is 1.81. The highest BCUT2D eigenvalue weighted by Gasteiger charge is 2.39. The van der Waals surface area contributed by atoms with Crippen molar-refractivity contribution >= 4 is 17.5 Å². The predicted molar refractivity (Wildman–Crippen MR) is 50.9 cm³/mol. The van der Waals surface area contributed by atoms with Gasteiger partial charge in [0.2, 0.25) is 0 Å². The van der Waals surface area contributed by atoms with E-state index in [1.165, 1.54) is 5.01 Å². The fraction of sp³-hybridized carbons (Fsp3) is 0.444. The molecule has 2 aliphatic rings. The van der Waals surface area contributed by atoms with E-state index >= 15 is 0 Å². The molecule has 2 heterocycles. The highest BCUT2D eigenvalue weighted by atomic mass is 19.3. The average molecular weight is 213 g/mol. The van der Waals surface area contributed by atoms with Crippen molar-refractivity contribution in [1.82, 2.24) is 5.01 Å². The highest BCUT2D eigenvalue weighted by Crippen LogP contribution is 2.30. The number of halogens is 2. The van der Waals surface area contributed by atoms with Gasteiger partial charge in [-0.2, -0.15) is 10.1 Å². The SMILES string of the molecule is CC1=NN(C)C2=NC(=O)C=C(C(F)F)C12. The third kappa shape index (κ3) is 1.45.